The van der Waals surface area contributed by atoms with Crippen molar-refractivity contribution in [3.05, 3.63) is 35.5 Å². The molecule has 0 unspecified atom stereocenters. The summed E-state index contributed by atoms with van der Waals surface area (Å²) < 4.78 is 0. The zero-order valence-corrected chi connectivity index (χ0v) is 7.91. The highest BCUT2D eigenvalue weighted by atomic mass is 14.8. The SMILES string of the molecule is C[C@@H](N)c1[nH]c2ccccc2c1C#N. The van der Waals surface area contributed by atoms with Crippen LogP contribution in [0.25, 0.3) is 10.9 Å². The van der Waals surface area contributed by atoms with E-state index in [4.69, 9.17) is 11.0 Å². The van der Waals surface area contributed by atoms with E-state index in [9.17, 15) is 0 Å². The van der Waals surface area contributed by atoms with Gasteiger partial charge in [-0.15, -0.1) is 0 Å². The number of hydrogen-bond acceptors (Lipinski definition) is 2. The van der Waals surface area contributed by atoms with E-state index in [1.807, 2.05) is 31.2 Å². The quantitative estimate of drug-likeness (QED) is 0.714. The fourth-order valence-electron chi connectivity index (χ4n) is 1.62. The number of benzene rings is 1. The molecule has 1 aromatic carbocycles. The molecule has 0 fully saturated rings. The number of aromatic nitrogens is 1. The van der Waals surface area contributed by atoms with Crippen LogP contribution >= 0.6 is 0 Å². The van der Waals surface area contributed by atoms with Crippen molar-refractivity contribution >= 4 is 10.9 Å². The molecule has 0 aliphatic heterocycles. The first-order valence-electron chi connectivity index (χ1n) is 4.50. The highest BCUT2D eigenvalue weighted by molar-refractivity contribution is 5.87. The van der Waals surface area contributed by atoms with E-state index in [0.717, 1.165) is 16.6 Å². The van der Waals surface area contributed by atoms with E-state index >= 15 is 0 Å². The number of rotatable bonds is 1. The third-order valence-electron chi connectivity index (χ3n) is 2.30. The molecule has 3 nitrogen and oxygen atoms in total. The van der Waals surface area contributed by atoms with E-state index in [1.165, 1.54) is 0 Å². The highest BCUT2D eigenvalue weighted by Gasteiger charge is 2.12. The summed E-state index contributed by atoms with van der Waals surface area (Å²) in [4.78, 5) is 3.17. The number of nitriles is 1. The average Bonchev–Trinajstić information content (AvgIpc) is 2.56. The Morgan fingerprint density at radius 2 is 2.14 bits per heavy atom. The maximum atomic E-state index is 9.03. The normalized spacial score (nSPS) is 12.6. The smallest absolute Gasteiger partial charge is 0.102 e. The molecule has 1 heterocycles. The van der Waals surface area contributed by atoms with Crippen LogP contribution in [0.15, 0.2) is 24.3 Å². The van der Waals surface area contributed by atoms with Crippen molar-refractivity contribution < 1.29 is 0 Å². The van der Waals surface area contributed by atoms with Crippen LogP contribution in [0.4, 0.5) is 0 Å². The first-order chi connectivity index (χ1) is 6.74. The van der Waals surface area contributed by atoms with Gasteiger partial charge in [-0.3, -0.25) is 0 Å². The zero-order chi connectivity index (χ0) is 10.1. The lowest BCUT2D eigenvalue weighted by molar-refractivity contribution is 0.789. The van der Waals surface area contributed by atoms with Gasteiger partial charge in [-0.2, -0.15) is 5.26 Å². The standard InChI is InChI=1S/C11H11N3/c1-7(13)11-9(6-12)8-4-2-3-5-10(8)14-11/h2-5,7,14H,13H2,1H3/t7-/m1/s1. The van der Waals surface area contributed by atoms with Gasteiger partial charge in [0.1, 0.15) is 6.07 Å². The van der Waals surface area contributed by atoms with Gasteiger partial charge in [0.05, 0.1) is 11.3 Å². The first-order valence-corrected chi connectivity index (χ1v) is 4.50. The Bertz CT molecular complexity index is 503. The Labute approximate surface area is 82.1 Å². The largest absolute Gasteiger partial charge is 0.356 e. The summed E-state index contributed by atoms with van der Waals surface area (Å²) >= 11 is 0. The molecule has 0 bridgehead atoms. The minimum absolute atomic E-state index is 0.142. The topological polar surface area (TPSA) is 65.6 Å². The second-order valence-corrected chi connectivity index (χ2v) is 3.36. The van der Waals surface area contributed by atoms with Crippen molar-refractivity contribution in [2.75, 3.05) is 0 Å². The summed E-state index contributed by atoms with van der Waals surface area (Å²) in [6.07, 6.45) is 0. The second-order valence-electron chi connectivity index (χ2n) is 3.36. The van der Waals surface area contributed by atoms with Gasteiger partial charge < -0.3 is 10.7 Å². The van der Waals surface area contributed by atoms with Crippen LogP contribution < -0.4 is 5.73 Å². The number of H-pyrrole nitrogens is 1. The predicted octanol–water partition coefficient (Wildman–Crippen LogP) is 2.06. The van der Waals surface area contributed by atoms with Crippen LogP contribution in [0, 0.1) is 11.3 Å². The van der Waals surface area contributed by atoms with E-state index in [2.05, 4.69) is 11.1 Å². The zero-order valence-electron chi connectivity index (χ0n) is 7.91. The molecule has 0 saturated carbocycles. The van der Waals surface area contributed by atoms with Crippen molar-refractivity contribution in [3.8, 4) is 6.07 Å². The van der Waals surface area contributed by atoms with Gasteiger partial charge in [-0.1, -0.05) is 18.2 Å². The van der Waals surface area contributed by atoms with Gasteiger partial charge in [-0.25, -0.2) is 0 Å². The summed E-state index contributed by atoms with van der Waals surface area (Å²) in [5, 5.41) is 9.98. The second kappa shape index (κ2) is 3.17. The molecule has 2 rings (SSSR count). The summed E-state index contributed by atoms with van der Waals surface area (Å²) in [5.41, 5.74) is 8.22. The number of nitrogens with two attached hydrogens (primary N) is 1. The maximum absolute atomic E-state index is 9.03. The number of nitrogens with one attached hydrogen (secondary N) is 1. The Morgan fingerprint density at radius 1 is 1.43 bits per heavy atom. The van der Waals surface area contributed by atoms with Crippen LogP contribution in [0.1, 0.15) is 24.2 Å². The summed E-state index contributed by atoms with van der Waals surface area (Å²) in [5.74, 6) is 0. The van der Waals surface area contributed by atoms with Crippen LogP contribution in [0.3, 0.4) is 0 Å². The summed E-state index contributed by atoms with van der Waals surface area (Å²) in [7, 11) is 0. The lowest BCUT2D eigenvalue weighted by Gasteiger charge is -2.00. The Morgan fingerprint density at radius 3 is 2.79 bits per heavy atom. The highest BCUT2D eigenvalue weighted by Crippen LogP contribution is 2.24. The van der Waals surface area contributed by atoms with E-state index in [0.29, 0.717) is 5.56 Å². The van der Waals surface area contributed by atoms with Crippen LogP contribution in [-0.4, -0.2) is 4.98 Å². The molecule has 0 amide bonds. The van der Waals surface area contributed by atoms with E-state index < -0.39 is 0 Å². The number of fused-ring (bicyclic) bond motifs is 1. The van der Waals surface area contributed by atoms with Gasteiger partial charge in [-0.05, 0) is 13.0 Å². The fourth-order valence-corrected chi connectivity index (χ4v) is 1.62. The third-order valence-corrected chi connectivity index (χ3v) is 2.30. The molecule has 0 aliphatic carbocycles. The minimum Gasteiger partial charge on any atom is -0.356 e. The maximum Gasteiger partial charge on any atom is 0.102 e. The molecule has 3 N–H and O–H groups in total. The Hall–Kier alpha value is -1.79. The lowest BCUT2D eigenvalue weighted by atomic mass is 10.1. The van der Waals surface area contributed by atoms with Crippen molar-refractivity contribution in [3.63, 3.8) is 0 Å². The van der Waals surface area contributed by atoms with Crippen LogP contribution in [0.5, 0.6) is 0 Å². The molecule has 1 aromatic heterocycles. The third kappa shape index (κ3) is 1.17. The van der Waals surface area contributed by atoms with Gasteiger partial charge in [0.2, 0.25) is 0 Å². The molecular formula is C11H11N3. The van der Waals surface area contributed by atoms with Crippen molar-refractivity contribution in [1.29, 1.82) is 5.26 Å². The Balaban J connectivity index is 2.81. The van der Waals surface area contributed by atoms with Gasteiger partial charge in [0, 0.05) is 16.9 Å². The predicted molar refractivity (Wildman–Crippen MR) is 55.6 cm³/mol. The average molecular weight is 185 g/mol. The van der Waals surface area contributed by atoms with Crippen LogP contribution in [-0.2, 0) is 0 Å². The molecule has 0 aliphatic rings. The minimum atomic E-state index is -0.142. The number of para-hydroxylation sites is 1. The first kappa shape index (κ1) is 8.79. The monoisotopic (exact) mass is 185 g/mol. The number of hydrogen-bond donors (Lipinski definition) is 2. The molecule has 0 saturated heterocycles. The molecule has 3 heteroatoms. The van der Waals surface area contributed by atoms with Crippen molar-refractivity contribution in [1.82, 2.24) is 4.98 Å². The van der Waals surface area contributed by atoms with Gasteiger partial charge >= 0.3 is 0 Å². The number of aromatic amines is 1. The molecule has 1 atom stereocenters. The molecular weight excluding hydrogens is 174 g/mol. The van der Waals surface area contributed by atoms with Crippen molar-refractivity contribution in [2.45, 2.75) is 13.0 Å². The molecule has 70 valence electrons. The Kier molecular flexibility index (Phi) is 1.99. The van der Waals surface area contributed by atoms with Gasteiger partial charge in [0.15, 0.2) is 0 Å². The molecule has 14 heavy (non-hydrogen) atoms. The van der Waals surface area contributed by atoms with Gasteiger partial charge in [0.25, 0.3) is 0 Å². The summed E-state index contributed by atoms with van der Waals surface area (Å²) in [6.45, 7) is 1.87. The molecule has 0 radical (unpaired) electrons. The van der Waals surface area contributed by atoms with E-state index in [-0.39, 0.29) is 6.04 Å². The fraction of sp³-hybridized carbons (Fsp3) is 0.182. The number of nitrogens with zero attached hydrogens (tertiary/aromatic N) is 1. The molecule has 2 aromatic rings. The lowest BCUT2D eigenvalue weighted by Crippen LogP contribution is -2.06. The van der Waals surface area contributed by atoms with E-state index in [1.54, 1.807) is 0 Å². The molecule has 0 spiro atoms. The summed E-state index contributed by atoms with van der Waals surface area (Å²) in [6, 6.07) is 9.77. The van der Waals surface area contributed by atoms with Crippen molar-refractivity contribution in [2.24, 2.45) is 5.73 Å². The van der Waals surface area contributed by atoms with Crippen LogP contribution in [0.2, 0.25) is 0 Å².